The minimum absolute atomic E-state index is 0.116. The maximum Gasteiger partial charge on any atom is 0.407 e. The number of carbonyl (C=O) groups is 1. The van der Waals surface area contributed by atoms with E-state index in [1.807, 2.05) is 0 Å². The first-order valence-corrected chi connectivity index (χ1v) is 10.3. The van der Waals surface area contributed by atoms with Crippen LogP contribution >= 0.6 is 22.6 Å². The van der Waals surface area contributed by atoms with Crippen LogP contribution in [0.15, 0.2) is 24.3 Å². The Morgan fingerprint density at radius 1 is 1.29 bits per heavy atom. The fraction of sp³-hybridized carbons (Fsp3) is 0.474. The number of halogens is 3. The normalized spacial score (nSPS) is 19.0. The number of amides is 1. The molecule has 28 heavy (non-hydrogen) atoms. The molecule has 0 bridgehead atoms. The Balaban J connectivity index is 1.54. The second-order valence-electron chi connectivity index (χ2n) is 7.12. The summed E-state index contributed by atoms with van der Waals surface area (Å²) in [5, 5.41) is 9.68. The van der Waals surface area contributed by atoms with Crippen molar-refractivity contribution in [2.24, 2.45) is 0 Å². The number of aryl methyl sites for hydroxylation is 1. The number of benzene rings is 1. The lowest BCUT2D eigenvalue weighted by Gasteiger charge is -2.35. The number of fused-ring (bicyclic) bond motifs is 1. The zero-order valence-corrected chi connectivity index (χ0v) is 17.2. The van der Waals surface area contributed by atoms with Crippen molar-refractivity contribution in [2.75, 3.05) is 6.54 Å². The van der Waals surface area contributed by atoms with Crippen LogP contribution in [0, 0.1) is 3.70 Å². The number of rotatable bonds is 6. The summed E-state index contributed by atoms with van der Waals surface area (Å²) in [5.41, 5.74) is 1.93. The molecule has 1 amide bonds. The van der Waals surface area contributed by atoms with Crippen molar-refractivity contribution in [1.29, 1.82) is 0 Å². The molecule has 9 heteroatoms. The summed E-state index contributed by atoms with van der Waals surface area (Å²) < 4.78 is 32.0. The van der Waals surface area contributed by atoms with Gasteiger partial charge in [-0.2, -0.15) is 8.78 Å². The zero-order chi connectivity index (χ0) is 19.8. The number of hydrogen-bond donors (Lipinski definition) is 1. The Morgan fingerprint density at radius 3 is 2.61 bits per heavy atom. The molecule has 1 aliphatic carbocycles. The van der Waals surface area contributed by atoms with Gasteiger partial charge in [0.15, 0.2) is 0 Å². The zero-order valence-electron chi connectivity index (χ0n) is 15.0. The van der Waals surface area contributed by atoms with Gasteiger partial charge in [-0.15, -0.1) is 0 Å². The van der Waals surface area contributed by atoms with Crippen molar-refractivity contribution in [2.45, 2.75) is 50.8 Å². The molecule has 0 radical (unpaired) electrons. The Hall–Kier alpha value is -1.91. The van der Waals surface area contributed by atoms with E-state index in [1.54, 1.807) is 12.1 Å². The molecule has 1 N–H and O–H groups in total. The molecule has 1 aromatic heterocycles. The molecule has 1 aliphatic heterocycles. The third kappa shape index (κ3) is 3.94. The molecular formula is C19H20F2IN3O3. The van der Waals surface area contributed by atoms with Crippen LogP contribution in [-0.4, -0.2) is 38.8 Å². The molecule has 1 atom stereocenters. The van der Waals surface area contributed by atoms with E-state index in [0.29, 0.717) is 31.8 Å². The van der Waals surface area contributed by atoms with E-state index in [4.69, 9.17) is 4.98 Å². The van der Waals surface area contributed by atoms with Crippen molar-refractivity contribution >= 4 is 28.7 Å². The Bertz CT molecular complexity index is 868. The summed E-state index contributed by atoms with van der Waals surface area (Å²) in [7, 11) is 0. The minimum Gasteiger partial charge on any atom is -0.465 e. The van der Waals surface area contributed by atoms with Crippen LogP contribution in [0.25, 0.3) is 0 Å². The van der Waals surface area contributed by atoms with Crippen LogP contribution in [0.5, 0.6) is 5.75 Å². The number of carboxylic acid groups (broad SMARTS) is 1. The highest BCUT2D eigenvalue weighted by Gasteiger charge is 2.38. The lowest BCUT2D eigenvalue weighted by molar-refractivity contribution is -0.0498. The van der Waals surface area contributed by atoms with Crippen LogP contribution in [0.4, 0.5) is 13.6 Å². The van der Waals surface area contributed by atoms with Crippen molar-refractivity contribution in [1.82, 2.24) is 14.5 Å². The molecular weight excluding hydrogens is 483 g/mol. The van der Waals surface area contributed by atoms with Gasteiger partial charge in [-0.05, 0) is 66.0 Å². The molecule has 6 nitrogen and oxygen atoms in total. The van der Waals surface area contributed by atoms with E-state index in [1.165, 1.54) is 17.0 Å². The first-order chi connectivity index (χ1) is 13.4. The fourth-order valence-electron chi connectivity index (χ4n) is 3.83. The number of alkyl halides is 2. The largest absolute Gasteiger partial charge is 0.465 e. The van der Waals surface area contributed by atoms with E-state index in [-0.39, 0.29) is 11.8 Å². The maximum atomic E-state index is 12.3. The molecule has 2 heterocycles. The topological polar surface area (TPSA) is 67.6 Å². The van der Waals surface area contributed by atoms with Crippen LogP contribution < -0.4 is 4.74 Å². The molecule has 0 spiro atoms. The monoisotopic (exact) mass is 503 g/mol. The van der Waals surface area contributed by atoms with Crippen molar-refractivity contribution < 1.29 is 23.4 Å². The number of imidazole rings is 1. The average molecular weight is 503 g/mol. The standard InChI is InChI=1S/C19H20F2IN3O3/c20-18(21)28-13-6-1-11(2-7-13)3-8-14-15-16(22)23-17(12-4-5-12)25(15)10-9-24(14)19(26)27/h1-2,6-7,12,14,18H,3-5,8-10H2,(H,26,27). The van der Waals surface area contributed by atoms with Gasteiger partial charge >= 0.3 is 12.7 Å². The predicted molar refractivity (Wildman–Crippen MR) is 106 cm³/mol. The minimum atomic E-state index is -2.85. The van der Waals surface area contributed by atoms with Gasteiger partial charge in [0.1, 0.15) is 15.3 Å². The molecule has 0 saturated heterocycles. The van der Waals surface area contributed by atoms with E-state index in [2.05, 4.69) is 31.9 Å². The van der Waals surface area contributed by atoms with E-state index >= 15 is 0 Å². The first kappa shape index (κ1) is 19.4. The summed E-state index contributed by atoms with van der Waals surface area (Å²) in [5.74, 6) is 1.70. The molecule has 1 unspecified atom stereocenters. The van der Waals surface area contributed by atoms with Gasteiger partial charge < -0.3 is 14.4 Å². The second-order valence-corrected chi connectivity index (χ2v) is 8.15. The van der Waals surface area contributed by atoms with Gasteiger partial charge in [-0.1, -0.05) is 12.1 Å². The summed E-state index contributed by atoms with van der Waals surface area (Å²) in [6.45, 7) is -1.76. The Labute approximate surface area is 174 Å². The van der Waals surface area contributed by atoms with Crippen molar-refractivity contribution in [3.05, 3.63) is 45.0 Å². The summed E-state index contributed by atoms with van der Waals surface area (Å²) in [6, 6.07) is 6.23. The number of nitrogens with zero attached hydrogens (tertiary/aromatic N) is 3. The molecule has 4 rings (SSSR count). The van der Waals surface area contributed by atoms with Crippen LogP contribution in [-0.2, 0) is 13.0 Å². The van der Waals surface area contributed by atoms with E-state index in [9.17, 15) is 18.7 Å². The van der Waals surface area contributed by atoms with Gasteiger partial charge in [0.05, 0.1) is 11.7 Å². The van der Waals surface area contributed by atoms with Gasteiger partial charge in [0, 0.05) is 19.0 Å². The molecule has 1 aromatic carbocycles. The van der Waals surface area contributed by atoms with Gasteiger partial charge in [-0.25, -0.2) is 9.78 Å². The van der Waals surface area contributed by atoms with Gasteiger partial charge in [0.25, 0.3) is 0 Å². The third-order valence-electron chi connectivity index (χ3n) is 5.29. The van der Waals surface area contributed by atoms with E-state index in [0.717, 1.165) is 33.6 Å². The molecule has 2 aromatic rings. The van der Waals surface area contributed by atoms with Gasteiger partial charge in [-0.3, -0.25) is 4.90 Å². The predicted octanol–water partition coefficient (Wildman–Crippen LogP) is 4.63. The lowest BCUT2D eigenvalue weighted by atomic mass is 10.0. The highest BCUT2D eigenvalue weighted by molar-refractivity contribution is 14.1. The second kappa shape index (κ2) is 7.84. The molecule has 150 valence electrons. The maximum absolute atomic E-state index is 12.3. The summed E-state index contributed by atoms with van der Waals surface area (Å²) >= 11 is 2.20. The average Bonchev–Trinajstić information content (AvgIpc) is 3.44. The highest BCUT2D eigenvalue weighted by atomic mass is 127. The Morgan fingerprint density at radius 2 is 2.00 bits per heavy atom. The van der Waals surface area contributed by atoms with Crippen molar-refractivity contribution in [3.8, 4) is 5.75 Å². The van der Waals surface area contributed by atoms with Crippen LogP contribution in [0.2, 0.25) is 0 Å². The Kier molecular flexibility index (Phi) is 5.44. The van der Waals surface area contributed by atoms with Crippen LogP contribution in [0.1, 0.15) is 48.3 Å². The SMILES string of the molecule is O=C(O)N1CCn2c(C3CC3)nc(I)c2C1CCc1ccc(OC(F)F)cc1. The van der Waals surface area contributed by atoms with Gasteiger partial charge in [0.2, 0.25) is 0 Å². The van der Waals surface area contributed by atoms with Crippen LogP contribution in [0.3, 0.4) is 0 Å². The third-order valence-corrected chi connectivity index (χ3v) is 6.08. The molecule has 1 fully saturated rings. The first-order valence-electron chi connectivity index (χ1n) is 9.23. The summed E-state index contributed by atoms with van der Waals surface area (Å²) in [6.07, 6.45) is 2.60. The van der Waals surface area contributed by atoms with Crippen molar-refractivity contribution in [3.63, 3.8) is 0 Å². The molecule has 1 saturated carbocycles. The van der Waals surface area contributed by atoms with E-state index < -0.39 is 12.7 Å². The summed E-state index contributed by atoms with van der Waals surface area (Å²) in [4.78, 5) is 18.0. The quantitative estimate of drug-likeness (QED) is 0.584. The number of hydrogen-bond acceptors (Lipinski definition) is 3. The smallest absolute Gasteiger partial charge is 0.407 e. The lowest BCUT2D eigenvalue weighted by Crippen LogP contribution is -2.42. The fourth-order valence-corrected chi connectivity index (χ4v) is 4.73. The number of aromatic nitrogens is 2. The highest BCUT2D eigenvalue weighted by Crippen LogP contribution is 2.43. The number of ether oxygens (including phenoxy) is 1. The molecule has 2 aliphatic rings.